The molecule has 0 saturated carbocycles. The van der Waals surface area contributed by atoms with Gasteiger partial charge in [-0.15, -0.1) is 0 Å². The van der Waals surface area contributed by atoms with Gasteiger partial charge in [-0.25, -0.2) is 15.1 Å². The summed E-state index contributed by atoms with van der Waals surface area (Å²) in [5.41, 5.74) is -3.78. The first-order chi connectivity index (χ1) is 16.9. The molecule has 16 heteroatoms. The molecule has 2 aromatic rings. The van der Waals surface area contributed by atoms with Crippen molar-refractivity contribution in [3.63, 3.8) is 0 Å². The van der Waals surface area contributed by atoms with E-state index < -0.39 is 40.9 Å². The van der Waals surface area contributed by atoms with E-state index in [1.807, 2.05) is 0 Å². The zero-order chi connectivity index (χ0) is 26.5. The minimum absolute atomic E-state index is 0.123. The number of amides is 1. The number of nitrogens with one attached hydrogen (secondary N) is 1. The van der Waals surface area contributed by atoms with Gasteiger partial charge in [0.25, 0.3) is 5.56 Å². The highest BCUT2D eigenvalue weighted by Gasteiger charge is 2.38. The number of hydrogen-bond acceptors (Lipinski definition) is 8. The van der Waals surface area contributed by atoms with E-state index in [0.717, 1.165) is 18.6 Å². The minimum atomic E-state index is -4.90. The molecule has 1 amide bonds. The number of carbonyl (C=O) groups is 1. The molecule has 3 heterocycles. The van der Waals surface area contributed by atoms with Gasteiger partial charge in [0, 0.05) is 56.5 Å². The fraction of sp³-hybridized carbons (Fsp3) is 0.550. The molecule has 0 bridgehead atoms. The Morgan fingerprint density at radius 2 is 1.72 bits per heavy atom. The molecule has 0 radical (unpaired) electrons. The van der Waals surface area contributed by atoms with Crippen LogP contribution in [0.2, 0.25) is 0 Å². The number of H-pyrrole nitrogens is 1. The summed E-state index contributed by atoms with van der Waals surface area (Å²) in [4.78, 5) is 34.8. The topological polar surface area (TPSA) is 104 Å². The number of aromatic amines is 1. The largest absolute Gasteiger partial charge is 0.487 e. The Morgan fingerprint density at radius 1 is 1.08 bits per heavy atom. The predicted octanol–water partition coefficient (Wildman–Crippen LogP) is 2.84. The van der Waals surface area contributed by atoms with Crippen molar-refractivity contribution < 1.29 is 35.9 Å². The van der Waals surface area contributed by atoms with Crippen molar-refractivity contribution >= 4 is 23.6 Å². The highest BCUT2D eigenvalue weighted by atomic mass is 32.2. The second-order valence-electron chi connectivity index (χ2n) is 7.83. The Morgan fingerprint density at radius 3 is 2.31 bits per heavy atom. The average Bonchev–Trinajstić information content (AvgIpc) is 2.80. The number of halogens is 6. The normalized spacial score (nSPS) is 15.6. The fourth-order valence-electron chi connectivity index (χ4n) is 3.34. The fourth-order valence-corrected chi connectivity index (χ4v) is 4.23. The van der Waals surface area contributed by atoms with E-state index in [4.69, 9.17) is 4.74 Å². The molecule has 1 unspecified atom stereocenters. The standard InChI is InChI=1S/C20H22F6N6O3S/c1-12(35-14-10-29-30-17(34)16(14)20(24,25)26)11-36-7-2-15(33)31-3-5-32(6-4-31)18-27-8-13(9-28-18)19(21,22)23/h8-10,12H,2-7,11H2,1H3,(H,30,34). The lowest BCUT2D eigenvalue weighted by Crippen LogP contribution is -2.49. The third-order valence-electron chi connectivity index (χ3n) is 5.13. The summed E-state index contributed by atoms with van der Waals surface area (Å²) in [6.07, 6.45) is -7.67. The van der Waals surface area contributed by atoms with Crippen molar-refractivity contribution in [2.75, 3.05) is 42.6 Å². The van der Waals surface area contributed by atoms with Gasteiger partial charge < -0.3 is 14.5 Å². The first-order valence-electron chi connectivity index (χ1n) is 10.7. The maximum Gasteiger partial charge on any atom is 0.425 e. The van der Waals surface area contributed by atoms with E-state index in [0.29, 0.717) is 31.9 Å². The molecule has 1 N–H and O–H groups in total. The molecule has 1 aliphatic heterocycles. The van der Waals surface area contributed by atoms with Crippen LogP contribution in [0.25, 0.3) is 0 Å². The van der Waals surface area contributed by atoms with Crippen molar-refractivity contribution in [1.82, 2.24) is 25.1 Å². The van der Waals surface area contributed by atoms with Crippen LogP contribution in [0.5, 0.6) is 5.75 Å². The van der Waals surface area contributed by atoms with Crippen LogP contribution in [-0.4, -0.2) is 74.8 Å². The highest BCUT2D eigenvalue weighted by Crippen LogP contribution is 2.33. The SMILES string of the molecule is CC(CSCCC(=O)N1CCN(c2ncc(C(F)(F)F)cn2)CC1)Oc1cn[nH]c(=O)c1C(F)(F)F. The molecule has 9 nitrogen and oxygen atoms in total. The van der Waals surface area contributed by atoms with E-state index in [9.17, 15) is 35.9 Å². The van der Waals surface area contributed by atoms with Gasteiger partial charge in [0.1, 0.15) is 6.10 Å². The Hall–Kier alpha value is -3.04. The molecular formula is C20H22F6N6O3S. The van der Waals surface area contributed by atoms with Gasteiger partial charge >= 0.3 is 12.4 Å². The molecule has 0 aromatic carbocycles. The smallest absolute Gasteiger partial charge is 0.425 e. The number of anilines is 1. The Labute approximate surface area is 205 Å². The number of aromatic nitrogens is 4. The summed E-state index contributed by atoms with van der Waals surface area (Å²) in [5, 5.41) is 5.08. The Kier molecular flexibility index (Phi) is 8.68. The van der Waals surface area contributed by atoms with Crippen molar-refractivity contribution in [3.05, 3.63) is 40.1 Å². The Balaban J connectivity index is 1.40. The summed E-state index contributed by atoms with van der Waals surface area (Å²) in [7, 11) is 0. The van der Waals surface area contributed by atoms with Crippen molar-refractivity contribution in [2.45, 2.75) is 31.8 Å². The zero-order valence-corrected chi connectivity index (χ0v) is 19.7. The number of hydrogen-bond donors (Lipinski definition) is 1. The monoisotopic (exact) mass is 540 g/mol. The molecule has 198 valence electrons. The molecule has 0 spiro atoms. The number of piperazine rings is 1. The van der Waals surface area contributed by atoms with Crippen LogP contribution in [-0.2, 0) is 17.1 Å². The van der Waals surface area contributed by atoms with Crippen molar-refractivity contribution in [1.29, 1.82) is 0 Å². The number of thioether (sulfide) groups is 1. The molecule has 1 atom stereocenters. The van der Waals surface area contributed by atoms with Crippen molar-refractivity contribution in [2.24, 2.45) is 0 Å². The molecule has 0 aliphatic carbocycles. The molecular weight excluding hydrogens is 518 g/mol. The van der Waals surface area contributed by atoms with Crippen LogP contribution >= 0.6 is 11.8 Å². The van der Waals surface area contributed by atoms with Crippen LogP contribution in [0.3, 0.4) is 0 Å². The summed E-state index contributed by atoms with van der Waals surface area (Å²) in [6.45, 7) is 2.97. The lowest BCUT2D eigenvalue weighted by Gasteiger charge is -2.34. The van der Waals surface area contributed by atoms with Crippen LogP contribution < -0.4 is 15.2 Å². The second kappa shape index (κ2) is 11.3. The lowest BCUT2D eigenvalue weighted by molar-refractivity contribution is -0.140. The average molecular weight is 540 g/mol. The lowest BCUT2D eigenvalue weighted by atomic mass is 10.2. The maximum atomic E-state index is 13.1. The van der Waals surface area contributed by atoms with E-state index >= 15 is 0 Å². The van der Waals surface area contributed by atoms with Gasteiger partial charge in [0.15, 0.2) is 11.3 Å². The molecule has 1 saturated heterocycles. The second-order valence-corrected chi connectivity index (χ2v) is 8.98. The molecule has 1 aliphatic rings. The van der Waals surface area contributed by atoms with Gasteiger partial charge in [0.2, 0.25) is 11.9 Å². The van der Waals surface area contributed by atoms with Crippen LogP contribution in [0.4, 0.5) is 32.3 Å². The maximum absolute atomic E-state index is 13.1. The van der Waals surface area contributed by atoms with Gasteiger partial charge in [-0.05, 0) is 6.92 Å². The van der Waals surface area contributed by atoms with Gasteiger partial charge in [0.05, 0.1) is 11.8 Å². The number of rotatable bonds is 8. The van der Waals surface area contributed by atoms with Gasteiger partial charge in [-0.1, -0.05) is 0 Å². The highest BCUT2D eigenvalue weighted by molar-refractivity contribution is 7.99. The number of carbonyl (C=O) groups excluding carboxylic acids is 1. The summed E-state index contributed by atoms with van der Waals surface area (Å²) < 4.78 is 82.4. The van der Waals surface area contributed by atoms with Crippen LogP contribution in [0.1, 0.15) is 24.5 Å². The quantitative estimate of drug-likeness (QED) is 0.403. The van der Waals surface area contributed by atoms with E-state index in [1.165, 1.54) is 11.8 Å². The summed E-state index contributed by atoms with van der Waals surface area (Å²) in [5.74, 6) is 0.0433. The first-order valence-corrected chi connectivity index (χ1v) is 11.8. The van der Waals surface area contributed by atoms with Crippen LogP contribution in [0.15, 0.2) is 23.4 Å². The molecule has 3 rings (SSSR count). The van der Waals surface area contributed by atoms with Gasteiger partial charge in [-0.2, -0.15) is 43.2 Å². The third-order valence-corrected chi connectivity index (χ3v) is 6.32. The molecule has 36 heavy (non-hydrogen) atoms. The van der Waals surface area contributed by atoms with Crippen LogP contribution in [0, 0.1) is 0 Å². The minimum Gasteiger partial charge on any atom is -0.487 e. The summed E-state index contributed by atoms with van der Waals surface area (Å²) >= 11 is 1.31. The van der Waals surface area contributed by atoms with Crippen molar-refractivity contribution in [3.8, 4) is 5.75 Å². The van der Waals surface area contributed by atoms with Gasteiger partial charge in [-0.3, -0.25) is 9.59 Å². The number of nitrogens with zero attached hydrogens (tertiary/aromatic N) is 5. The number of ether oxygens (including phenoxy) is 1. The van der Waals surface area contributed by atoms with E-state index in [1.54, 1.807) is 21.8 Å². The van der Waals surface area contributed by atoms with E-state index in [2.05, 4.69) is 15.1 Å². The molecule has 2 aromatic heterocycles. The Bertz CT molecular complexity index is 1090. The predicted molar refractivity (Wildman–Crippen MR) is 118 cm³/mol. The van der Waals surface area contributed by atoms with E-state index in [-0.39, 0.29) is 24.0 Å². The number of alkyl halides is 6. The third kappa shape index (κ3) is 7.24. The zero-order valence-electron chi connectivity index (χ0n) is 18.9. The first kappa shape index (κ1) is 27.5. The molecule has 1 fully saturated rings. The summed E-state index contributed by atoms with van der Waals surface area (Å²) in [6, 6.07) is 0.